The zero-order valence-electron chi connectivity index (χ0n) is 10.8. The molecule has 5 heteroatoms. The highest BCUT2D eigenvalue weighted by molar-refractivity contribution is 9.10. The first-order valence-electron chi connectivity index (χ1n) is 5.75. The maximum Gasteiger partial charge on any atom is 0.254 e. The minimum atomic E-state index is -0.0568. The molecule has 0 aliphatic rings. The van der Waals surface area contributed by atoms with Crippen LogP contribution in [0.25, 0.3) is 0 Å². The Bertz CT molecular complexity index is 425. The summed E-state index contributed by atoms with van der Waals surface area (Å²) in [6.07, 6.45) is 2.96. The molecule has 1 rings (SSSR count). The van der Waals surface area contributed by atoms with Crippen LogP contribution >= 0.6 is 27.7 Å². The minimum Gasteiger partial charge on any atom is -0.507 e. The van der Waals surface area contributed by atoms with Crippen LogP contribution in [0.1, 0.15) is 23.7 Å². The molecule has 1 amide bonds. The van der Waals surface area contributed by atoms with Gasteiger partial charge in [-0.1, -0.05) is 6.92 Å². The topological polar surface area (TPSA) is 40.5 Å². The van der Waals surface area contributed by atoms with Crippen molar-refractivity contribution in [3.8, 4) is 5.75 Å². The van der Waals surface area contributed by atoms with E-state index in [1.807, 2.05) is 13.3 Å². The molecule has 3 nitrogen and oxygen atoms in total. The summed E-state index contributed by atoms with van der Waals surface area (Å²) in [6.45, 7) is 2.07. The Hall–Kier alpha value is -0.680. The smallest absolute Gasteiger partial charge is 0.254 e. The number of nitrogens with zero attached hydrogens (tertiary/aromatic N) is 1. The van der Waals surface area contributed by atoms with Crippen LogP contribution in [0.3, 0.4) is 0 Å². The molecule has 0 radical (unpaired) electrons. The van der Waals surface area contributed by atoms with Crippen molar-refractivity contribution in [1.29, 1.82) is 0 Å². The summed E-state index contributed by atoms with van der Waals surface area (Å²) >= 11 is 4.93. The first-order chi connectivity index (χ1) is 8.51. The number of benzene rings is 1. The van der Waals surface area contributed by atoms with E-state index in [0.717, 1.165) is 12.2 Å². The predicted molar refractivity (Wildman–Crippen MR) is 80.4 cm³/mol. The third-order valence-electron chi connectivity index (χ3n) is 2.89. The van der Waals surface area contributed by atoms with E-state index < -0.39 is 0 Å². The Morgan fingerprint density at radius 3 is 2.72 bits per heavy atom. The lowest BCUT2D eigenvalue weighted by molar-refractivity contribution is 0.0743. The second kappa shape index (κ2) is 7.04. The highest BCUT2D eigenvalue weighted by Crippen LogP contribution is 2.25. The van der Waals surface area contributed by atoms with Crippen molar-refractivity contribution in [1.82, 2.24) is 4.90 Å². The number of phenols is 1. The number of hydrogen-bond acceptors (Lipinski definition) is 3. The maximum atomic E-state index is 12.3. The third kappa shape index (κ3) is 3.65. The number of aromatic hydroxyl groups is 1. The summed E-state index contributed by atoms with van der Waals surface area (Å²) in [6, 6.07) is 5.12. The first-order valence-corrected chi connectivity index (χ1v) is 7.94. The number of thioether (sulfide) groups is 1. The number of carbonyl (C=O) groups excluding carboxylic acids is 1. The van der Waals surface area contributed by atoms with Crippen molar-refractivity contribution in [2.24, 2.45) is 0 Å². The monoisotopic (exact) mass is 331 g/mol. The summed E-state index contributed by atoms with van der Waals surface area (Å²) in [5.41, 5.74) is 0.512. The van der Waals surface area contributed by atoms with Gasteiger partial charge in [0.15, 0.2) is 0 Å². The molecular formula is C13H18BrNO2S. The van der Waals surface area contributed by atoms with E-state index in [4.69, 9.17) is 0 Å². The van der Waals surface area contributed by atoms with Crippen molar-refractivity contribution in [2.45, 2.75) is 19.4 Å². The molecule has 0 aliphatic heterocycles. The number of halogens is 1. The van der Waals surface area contributed by atoms with E-state index in [-0.39, 0.29) is 17.7 Å². The molecule has 1 N–H and O–H groups in total. The zero-order chi connectivity index (χ0) is 13.7. The Kier molecular flexibility index (Phi) is 6.02. The van der Waals surface area contributed by atoms with Gasteiger partial charge in [0.1, 0.15) is 5.75 Å². The predicted octanol–water partition coefficient (Wildman–Crippen LogP) is 3.37. The summed E-state index contributed by atoms with van der Waals surface area (Å²) in [4.78, 5) is 14.0. The summed E-state index contributed by atoms with van der Waals surface area (Å²) in [7, 11) is 1.81. The number of phenolic OH excluding ortho intramolecular Hbond substituents is 1. The molecule has 1 atom stereocenters. The van der Waals surface area contributed by atoms with Crippen molar-refractivity contribution in [2.75, 3.05) is 19.1 Å². The Morgan fingerprint density at radius 2 is 2.22 bits per heavy atom. The highest BCUT2D eigenvalue weighted by Gasteiger charge is 2.19. The van der Waals surface area contributed by atoms with E-state index in [1.165, 1.54) is 6.07 Å². The molecule has 0 heterocycles. The molecule has 0 saturated carbocycles. The lowest BCUT2D eigenvalue weighted by atomic mass is 10.1. The number of amides is 1. The first kappa shape index (κ1) is 15.4. The SMILES string of the molecule is CCC(CSC)N(C)C(=O)c1ccc(Br)c(O)c1. The number of carbonyl (C=O) groups is 1. The fourth-order valence-corrected chi connectivity index (χ4v) is 2.80. The van der Waals surface area contributed by atoms with Gasteiger partial charge < -0.3 is 10.0 Å². The Morgan fingerprint density at radius 1 is 1.56 bits per heavy atom. The fourth-order valence-electron chi connectivity index (χ4n) is 1.71. The average molecular weight is 332 g/mol. The molecule has 0 aliphatic carbocycles. The van der Waals surface area contributed by atoms with Gasteiger partial charge in [-0.15, -0.1) is 0 Å². The van der Waals surface area contributed by atoms with E-state index in [2.05, 4.69) is 22.9 Å². The van der Waals surface area contributed by atoms with Crippen molar-refractivity contribution in [3.05, 3.63) is 28.2 Å². The number of rotatable bonds is 5. The molecule has 1 aromatic carbocycles. The zero-order valence-corrected chi connectivity index (χ0v) is 13.2. The lowest BCUT2D eigenvalue weighted by Crippen LogP contribution is -2.38. The summed E-state index contributed by atoms with van der Waals surface area (Å²) in [5.74, 6) is 0.951. The standard InChI is InChI=1S/C13H18BrNO2S/c1-4-10(8-18-3)15(2)13(17)9-5-6-11(14)12(16)7-9/h5-7,10,16H,4,8H2,1-3H3. The molecule has 0 aromatic heterocycles. The molecular weight excluding hydrogens is 314 g/mol. The van der Waals surface area contributed by atoms with Crippen LogP contribution in [0, 0.1) is 0 Å². The quantitative estimate of drug-likeness (QED) is 0.899. The average Bonchev–Trinajstić information content (AvgIpc) is 2.37. The Labute approximate surface area is 121 Å². The van der Waals surface area contributed by atoms with E-state index >= 15 is 0 Å². The van der Waals surface area contributed by atoms with Crippen LogP contribution in [0.5, 0.6) is 5.75 Å². The van der Waals surface area contributed by atoms with Crippen molar-refractivity contribution in [3.63, 3.8) is 0 Å². The van der Waals surface area contributed by atoms with Crippen LogP contribution in [0.2, 0.25) is 0 Å². The van der Waals surface area contributed by atoms with Crippen molar-refractivity contribution >= 4 is 33.6 Å². The van der Waals surface area contributed by atoms with Gasteiger partial charge in [0.25, 0.3) is 5.91 Å². The van der Waals surface area contributed by atoms with Gasteiger partial charge in [-0.25, -0.2) is 0 Å². The second-order valence-electron chi connectivity index (χ2n) is 4.10. The second-order valence-corrected chi connectivity index (χ2v) is 5.86. The van der Waals surface area contributed by atoms with Gasteiger partial charge in [0.2, 0.25) is 0 Å². The lowest BCUT2D eigenvalue weighted by Gasteiger charge is -2.27. The maximum absolute atomic E-state index is 12.3. The van der Waals surface area contributed by atoms with Gasteiger partial charge in [0, 0.05) is 24.4 Å². The van der Waals surface area contributed by atoms with Crippen LogP contribution in [-0.4, -0.2) is 41.0 Å². The normalized spacial score (nSPS) is 12.2. The molecule has 1 aromatic rings. The molecule has 0 bridgehead atoms. The molecule has 0 spiro atoms. The molecule has 0 fully saturated rings. The molecule has 100 valence electrons. The minimum absolute atomic E-state index is 0.0568. The fraction of sp³-hybridized carbons (Fsp3) is 0.462. The van der Waals surface area contributed by atoms with Gasteiger partial charge >= 0.3 is 0 Å². The molecule has 1 unspecified atom stereocenters. The molecule has 18 heavy (non-hydrogen) atoms. The van der Waals surface area contributed by atoms with E-state index in [1.54, 1.807) is 28.8 Å². The third-order valence-corrected chi connectivity index (χ3v) is 4.28. The van der Waals surface area contributed by atoms with Crippen LogP contribution in [0.4, 0.5) is 0 Å². The van der Waals surface area contributed by atoms with Crippen LogP contribution in [0.15, 0.2) is 22.7 Å². The summed E-state index contributed by atoms with van der Waals surface area (Å²) in [5, 5.41) is 9.61. The van der Waals surface area contributed by atoms with E-state index in [0.29, 0.717) is 10.0 Å². The van der Waals surface area contributed by atoms with Gasteiger partial charge in [-0.3, -0.25) is 4.79 Å². The highest BCUT2D eigenvalue weighted by atomic mass is 79.9. The summed E-state index contributed by atoms with van der Waals surface area (Å²) < 4.78 is 0.595. The van der Waals surface area contributed by atoms with Gasteiger partial charge in [0.05, 0.1) is 4.47 Å². The van der Waals surface area contributed by atoms with Gasteiger partial charge in [-0.05, 0) is 46.8 Å². The van der Waals surface area contributed by atoms with Crippen LogP contribution < -0.4 is 0 Å². The van der Waals surface area contributed by atoms with Crippen molar-refractivity contribution < 1.29 is 9.90 Å². The molecule has 0 saturated heterocycles. The van der Waals surface area contributed by atoms with Gasteiger partial charge in [-0.2, -0.15) is 11.8 Å². The number of hydrogen-bond donors (Lipinski definition) is 1. The largest absolute Gasteiger partial charge is 0.507 e. The van der Waals surface area contributed by atoms with E-state index in [9.17, 15) is 9.90 Å². The Balaban J connectivity index is 2.88. The van der Waals surface area contributed by atoms with Crippen LogP contribution in [-0.2, 0) is 0 Å².